The summed E-state index contributed by atoms with van der Waals surface area (Å²) in [5, 5.41) is 11.4. The minimum Gasteiger partial charge on any atom is -0.493 e. The van der Waals surface area contributed by atoms with Crippen molar-refractivity contribution in [2.24, 2.45) is 10.9 Å². The van der Waals surface area contributed by atoms with Crippen LogP contribution in [-0.2, 0) is 24.4 Å². The fourth-order valence-electron chi connectivity index (χ4n) is 3.39. The van der Waals surface area contributed by atoms with Gasteiger partial charge in [0, 0.05) is 44.1 Å². The van der Waals surface area contributed by atoms with Gasteiger partial charge >= 0.3 is 0 Å². The summed E-state index contributed by atoms with van der Waals surface area (Å²) in [6.45, 7) is 9.79. The highest BCUT2D eigenvalue weighted by Gasteiger charge is 2.22. The van der Waals surface area contributed by atoms with Crippen LogP contribution in [0.25, 0.3) is 0 Å². The molecule has 164 valence electrons. The standard InChI is InChI=1S/C23H35N5O2/c1-16-6-9-20(22(12-16)30-15-19-7-8-19)13-25-23(24-4)26-14-21-17(2)27-28(18(21)3)10-11-29-5/h6,9,12,19H,7-8,10-11,13-15H2,1-5H3,(H2,24,25,26). The summed E-state index contributed by atoms with van der Waals surface area (Å²) < 4.78 is 13.3. The van der Waals surface area contributed by atoms with Crippen molar-refractivity contribution in [2.45, 2.75) is 53.2 Å². The smallest absolute Gasteiger partial charge is 0.191 e. The molecule has 1 saturated carbocycles. The molecule has 30 heavy (non-hydrogen) atoms. The van der Waals surface area contributed by atoms with Gasteiger partial charge in [0.1, 0.15) is 5.75 Å². The maximum atomic E-state index is 6.08. The molecule has 0 radical (unpaired) electrons. The van der Waals surface area contributed by atoms with E-state index in [1.54, 1.807) is 14.2 Å². The third-order valence-electron chi connectivity index (χ3n) is 5.54. The molecule has 7 nitrogen and oxygen atoms in total. The molecule has 1 heterocycles. The monoisotopic (exact) mass is 413 g/mol. The van der Waals surface area contributed by atoms with E-state index < -0.39 is 0 Å². The van der Waals surface area contributed by atoms with Gasteiger partial charge in [-0.3, -0.25) is 9.67 Å². The van der Waals surface area contributed by atoms with Crippen LogP contribution in [0.15, 0.2) is 23.2 Å². The van der Waals surface area contributed by atoms with Crippen LogP contribution in [0.1, 0.15) is 40.9 Å². The second-order valence-electron chi connectivity index (χ2n) is 8.01. The van der Waals surface area contributed by atoms with E-state index in [2.05, 4.69) is 52.8 Å². The lowest BCUT2D eigenvalue weighted by Crippen LogP contribution is -2.36. The fraction of sp³-hybridized carbons (Fsp3) is 0.565. The van der Waals surface area contributed by atoms with Crippen LogP contribution in [0.5, 0.6) is 5.75 Å². The van der Waals surface area contributed by atoms with Crippen LogP contribution in [0.2, 0.25) is 0 Å². The Hall–Kier alpha value is -2.54. The highest BCUT2D eigenvalue weighted by atomic mass is 16.5. The molecule has 2 N–H and O–H groups in total. The number of hydrogen-bond acceptors (Lipinski definition) is 4. The van der Waals surface area contributed by atoms with Crippen LogP contribution < -0.4 is 15.4 Å². The molecule has 1 aliphatic rings. The number of nitrogens with one attached hydrogen (secondary N) is 2. The van der Waals surface area contributed by atoms with E-state index in [0.717, 1.165) is 47.7 Å². The Bertz CT molecular complexity index is 871. The Morgan fingerprint density at radius 3 is 2.67 bits per heavy atom. The lowest BCUT2D eigenvalue weighted by Gasteiger charge is -2.15. The predicted octanol–water partition coefficient (Wildman–Crippen LogP) is 3.11. The number of aliphatic imine (C=N–C) groups is 1. The molecule has 0 unspecified atom stereocenters. The van der Waals surface area contributed by atoms with Crippen molar-refractivity contribution in [3.05, 3.63) is 46.3 Å². The van der Waals surface area contributed by atoms with Gasteiger partial charge in [-0.15, -0.1) is 0 Å². The first-order chi connectivity index (χ1) is 14.5. The Labute approximate surface area is 179 Å². The topological polar surface area (TPSA) is 72.7 Å². The second kappa shape index (κ2) is 10.5. The van der Waals surface area contributed by atoms with E-state index in [1.165, 1.54) is 24.0 Å². The Balaban J connectivity index is 1.57. The molecule has 0 saturated heterocycles. The number of hydrogen-bond donors (Lipinski definition) is 2. The highest BCUT2D eigenvalue weighted by molar-refractivity contribution is 5.79. The quantitative estimate of drug-likeness (QED) is 0.463. The van der Waals surface area contributed by atoms with E-state index >= 15 is 0 Å². The molecule has 7 heteroatoms. The molecule has 0 bridgehead atoms. The number of methoxy groups -OCH3 is 1. The molecular formula is C23H35N5O2. The molecule has 0 amide bonds. The molecule has 1 aliphatic carbocycles. The van der Waals surface area contributed by atoms with E-state index in [1.807, 2.05) is 11.6 Å². The van der Waals surface area contributed by atoms with Crippen LogP contribution in [0, 0.1) is 26.7 Å². The van der Waals surface area contributed by atoms with Gasteiger partial charge in [0.25, 0.3) is 0 Å². The van der Waals surface area contributed by atoms with E-state index in [0.29, 0.717) is 19.7 Å². The SMILES string of the molecule is CN=C(NCc1ccc(C)cc1OCC1CC1)NCc1c(C)nn(CCOC)c1C. The number of aromatic nitrogens is 2. The number of ether oxygens (including phenoxy) is 2. The highest BCUT2D eigenvalue weighted by Crippen LogP contribution is 2.30. The largest absolute Gasteiger partial charge is 0.493 e. The lowest BCUT2D eigenvalue weighted by atomic mass is 10.1. The molecule has 1 fully saturated rings. The molecule has 3 rings (SSSR count). The summed E-state index contributed by atoms with van der Waals surface area (Å²) in [5.41, 5.74) is 5.73. The molecule has 2 aromatic rings. The molecule has 0 aliphatic heterocycles. The number of rotatable bonds is 10. The Morgan fingerprint density at radius 2 is 1.97 bits per heavy atom. The van der Waals surface area contributed by atoms with Gasteiger partial charge in [0.2, 0.25) is 0 Å². The molecular weight excluding hydrogens is 378 g/mol. The fourth-order valence-corrected chi connectivity index (χ4v) is 3.39. The normalized spacial score (nSPS) is 14.1. The summed E-state index contributed by atoms with van der Waals surface area (Å²) in [6, 6.07) is 6.38. The van der Waals surface area contributed by atoms with Crippen LogP contribution in [0.3, 0.4) is 0 Å². The number of guanidine groups is 1. The lowest BCUT2D eigenvalue weighted by molar-refractivity contribution is 0.182. The average molecular weight is 414 g/mol. The first-order valence-corrected chi connectivity index (χ1v) is 10.7. The van der Waals surface area contributed by atoms with Gasteiger partial charge in [0.05, 0.1) is 25.5 Å². The number of nitrogens with zero attached hydrogens (tertiary/aromatic N) is 3. The van der Waals surface area contributed by atoms with Crippen molar-refractivity contribution < 1.29 is 9.47 Å². The Kier molecular flexibility index (Phi) is 7.74. The summed E-state index contributed by atoms with van der Waals surface area (Å²) >= 11 is 0. The minimum absolute atomic E-state index is 0.653. The van der Waals surface area contributed by atoms with Crippen molar-refractivity contribution >= 4 is 5.96 Å². The minimum atomic E-state index is 0.653. The second-order valence-corrected chi connectivity index (χ2v) is 8.01. The first-order valence-electron chi connectivity index (χ1n) is 10.7. The van der Waals surface area contributed by atoms with Crippen molar-refractivity contribution in [3.63, 3.8) is 0 Å². The summed E-state index contributed by atoms with van der Waals surface area (Å²) in [5.74, 6) is 2.46. The Morgan fingerprint density at radius 1 is 1.20 bits per heavy atom. The maximum absolute atomic E-state index is 6.08. The van der Waals surface area contributed by atoms with Gasteiger partial charge in [0.15, 0.2) is 5.96 Å². The predicted molar refractivity (Wildman–Crippen MR) is 120 cm³/mol. The summed E-state index contributed by atoms with van der Waals surface area (Å²) in [7, 11) is 3.50. The average Bonchev–Trinajstić information content (AvgIpc) is 3.52. The maximum Gasteiger partial charge on any atom is 0.191 e. The molecule has 0 atom stereocenters. The zero-order valence-electron chi connectivity index (χ0n) is 18.9. The van der Waals surface area contributed by atoms with Crippen LogP contribution in [-0.4, -0.2) is 43.1 Å². The van der Waals surface area contributed by atoms with Gasteiger partial charge in [-0.2, -0.15) is 5.10 Å². The van der Waals surface area contributed by atoms with Crippen LogP contribution >= 0.6 is 0 Å². The van der Waals surface area contributed by atoms with Gasteiger partial charge in [-0.05, 0) is 51.2 Å². The third kappa shape index (κ3) is 5.98. The van der Waals surface area contributed by atoms with E-state index in [9.17, 15) is 0 Å². The van der Waals surface area contributed by atoms with Gasteiger partial charge < -0.3 is 20.1 Å². The molecule has 1 aromatic heterocycles. The van der Waals surface area contributed by atoms with Gasteiger partial charge in [-0.25, -0.2) is 0 Å². The van der Waals surface area contributed by atoms with Crippen molar-refractivity contribution in [1.29, 1.82) is 0 Å². The zero-order chi connectivity index (χ0) is 21.5. The van der Waals surface area contributed by atoms with Crippen molar-refractivity contribution in [1.82, 2.24) is 20.4 Å². The van der Waals surface area contributed by atoms with E-state index in [4.69, 9.17) is 9.47 Å². The first kappa shape index (κ1) is 22.2. The number of aryl methyl sites for hydroxylation is 2. The van der Waals surface area contributed by atoms with Crippen molar-refractivity contribution in [3.8, 4) is 5.75 Å². The third-order valence-corrected chi connectivity index (χ3v) is 5.54. The molecule has 1 aromatic carbocycles. The zero-order valence-corrected chi connectivity index (χ0v) is 18.9. The summed E-state index contributed by atoms with van der Waals surface area (Å²) in [4.78, 5) is 4.37. The van der Waals surface area contributed by atoms with Crippen LogP contribution in [0.4, 0.5) is 0 Å². The number of benzene rings is 1. The van der Waals surface area contributed by atoms with Crippen molar-refractivity contribution in [2.75, 3.05) is 27.4 Å². The summed E-state index contributed by atoms with van der Waals surface area (Å²) in [6.07, 6.45) is 2.58. The molecule has 0 spiro atoms. The van der Waals surface area contributed by atoms with E-state index in [-0.39, 0.29) is 0 Å². The van der Waals surface area contributed by atoms with Gasteiger partial charge in [-0.1, -0.05) is 12.1 Å².